The molecule has 0 saturated heterocycles. The van der Waals surface area contributed by atoms with Crippen LogP contribution in [0.25, 0.3) is 0 Å². The predicted molar refractivity (Wildman–Crippen MR) is 88.4 cm³/mol. The summed E-state index contributed by atoms with van der Waals surface area (Å²) < 4.78 is 9.57. The molecule has 9 heteroatoms. The molecule has 0 aliphatic carbocycles. The minimum atomic E-state index is -1.39. The molecule has 0 heterocycles. The predicted octanol–water partition coefficient (Wildman–Crippen LogP) is 0.532. The Balaban J connectivity index is 2.98. The average Bonchev–Trinajstić information content (AvgIpc) is 2.50. The smallest absolute Gasteiger partial charge is 0.408 e. The van der Waals surface area contributed by atoms with Gasteiger partial charge in [0.05, 0.1) is 7.11 Å². The Kier molecular flexibility index (Phi) is 6.75. The van der Waals surface area contributed by atoms with E-state index in [2.05, 4.69) is 15.4 Å². The molecular formula is C16H23N3O6. The van der Waals surface area contributed by atoms with Crippen LogP contribution in [-0.4, -0.2) is 42.0 Å². The zero-order valence-electron chi connectivity index (χ0n) is 14.5. The van der Waals surface area contributed by atoms with Gasteiger partial charge in [-0.2, -0.15) is 0 Å². The van der Waals surface area contributed by atoms with Gasteiger partial charge in [-0.15, -0.1) is 0 Å². The van der Waals surface area contributed by atoms with Crippen LogP contribution >= 0.6 is 0 Å². The van der Waals surface area contributed by atoms with Gasteiger partial charge in [0.1, 0.15) is 17.4 Å². The van der Waals surface area contributed by atoms with Gasteiger partial charge in [0.25, 0.3) is 0 Å². The lowest BCUT2D eigenvalue weighted by molar-refractivity contribution is -0.145. The fourth-order valence-electron chi connectivity index (χ4n) is 1.81. The minimum Gasteiger partial charge on any atom is -0.508 e. The summed E-state index contributed by atoms with van der Waals surface area (Å²) >= 11 is 0. The molecule has 25 heavy (non-hydrogen) atoms. The van der Waals surface area contributed by atoms with Crippen molar-refractivity contribution >= 4 is 18.0 Å². The third-order valence-electron chi connectivity index (χ3n) is 2.90. The van der Waals surface area contributed by atoms with Gasteiger partial charge >= 0.3 is 12.1 Å². The Morgan fingerprint density at radius 2 is 1.68 bits per heavy atom. The number of carbonyl (C=O) groups is 3. The van der Waals surface area contributed by atoms with E-state index in [9.17, 15) is 19.5 Å². The van der Waals surface area contributed by atoms with Gasteiger partial charge in [0.15, 0.2) is 6.17 Å². The first-order valence-electron chi connectivity index (χ1n) is 7.45. The molecule has 1 aromatic carbocycles. The molecule has 1 aromatic rings. The van der Waals surface area contributed by atoms with Crippen LogP contribution in [0.5, 0.6) is 5.75 Å². The third kappa shape index (κ3) is 6.68. The molecule has 1 rings (SSSR count). The van der Waals surface area contributed by atoms with Crippen LogP contribution in [0.2, 0.25) is 0 Å². The lowest BCUT2D eigenvalue weighted by Gasteiger charge is -2.24. The highest BCUT2D eigenvalue weighted by atomic mass is 16.6. The largest absolute Gasteiger partial charge is 0.508 e. The number of esters is 1. The first-order valence-corrected chi connectivity index (χ1v) is 7.45. The molecule has 2 atom stereocenters. The van der Waals surface area contributed by atoms with Crippen molar-refractivity contribution in [2.75, 3.05) is 7.11 Å². The van der Waals surface area contributed by atoms with Gasteiger partial charge in [0, 0.05) is 0 Å². The molecule has 138 valence electrons. The van der Waals surface area contributed by atoms with Crippen LogP contribution in [0.1, 0.15) is 32.4 Å². The Bertz CT molecular complexity index is 624. The number of aromatic hydroxyl groups is 1. The van der Waals surface area contributed by atoms with E-state index >= 15 is 0 Å². The van der Waals surface area contributed by atoms with Crippen LogP contribution in [0.15, 0.2) is 24.3 Å². The topological polar surface area (TPSA) is 140 Å². The van der Waals surface area contributed by atoms with Gasteiger partial charge in [0.2, 0.25) is 5.91 Å². The molecule has 9 nitrogen and oxygen atoms in total. The van der Waals surface area contributed by atoms with E-state index in [1.54, 1.807) is 20.8 Å². The van der Waals surface area contributed by atoms with Crippen molar-refractivity contribution in [3.8, 4) is 5.75 Å². The number of rotatable bonds is 5. The van der Waals surface area contributed by atoms with E-state index in [-0.39, 0.29) is 5.75 Å². The summed E-state index contributed by atoms with van der Waals surface area (Å²) in [5, 5.41) is 14.0. The summed E-state index contributed by atoms with van der Waals surface area (Å²) in [5.74, 6) is -1.59. The van der Waals surface area contributed by atoms with Crippen molar-refractivity contribution in [3.05, 3.63) is 29.8 Å². The van der Waals surface area contributed by atoms with Crippen LogP contribution in [0, 0.1) is 0 Å². The van der Waals surface area contributed by atoms with E-state index in [4.69, 9.17) is 10.5 Å². The van der Waals surface area contributed by atoms with E-state index in [0.717, 1.165) is 7.11 Å². The lowest BCUT2D eigenvalue weighted by Crippen LogP contribution is -2.52. The van der Waals surface area contributed by atoms with Gasteiger partial charge < -0.3 is 30.9 Å². The highest BCUT2D eigenvalue weighted by molar-refractivity contribution is 5.90. The summed E-state index contributed by atoms with van der Waals surface area (Å²) in [5.41, 5.74) is 5.11. The number of nitrogens with two attached hydrogens (primary N) is 1. The van der Waals surface area contributed by atoms with Gasteiger partial charge in [-0.3, -0.25) is 4.79 Å². The van der Waals surface area contributed by atoms with E-state index in [1.165, 1.54) is 24.3 Å². The first kappa shape index (κ1) is 20.2. The zero-order valence-corrected chi connectivity index (χ0v) is 14.5. The molecular weight excluding hydrogens is 330 g/mol. The molecule has 0 unspecified atom stereocenters. The first-order chi connectivity index (χ1) is 11.5. The summed E-state index contributed by atoms with van der Waals surface area (Å²) in [6.45, 7) is 5.03. The number of benzene rings is 1. The summed E-state index contributed by atoms with van der Waals surface area (Å²) in [6.07, 6.45) is -2.22. The maximum absolute atomic E-state index is 12.4. The second-order valence-corrected chi connectivity index (χ2v) is 6.18. The van der Waals surface area contributed by atoms with E-state index < -0.39 is 35.8 Å². The van der Waals surface area contributed by atoms with Crippen molar-refractivity contribution in [1.29, 1.82) is 0 Å². The number of alkyl carbamates (subject to hydrolysis) is 1. The SMILES string of the molecule is COC(=O)[C@H](N)NC(=O)[C@@H](NC(=O)OC(C)(C)C)c1ccc(O)cc1. The van der Waals surface area contributed by atoms with Crippen LogP contribution < -0.4 is 16.4 Å². The van der Waals surface area contributed by atoms with Crippen molar-refractivity contribution in [3.63, 3.8) is 0 Å². The highest BCUT2D eigenvalue weighted by Crippen LogP contribution is 2.18. The van der Waals surface area contributed by atoms with E-state index in [1.807, 2.05) is 0 Å². The molecule has 0 radical (unpaired) electrons. The second kappa shape index (κ2) is 8.34. The molecule has 0 aliphatic rings. The van der Waals surface area contributed by atoms with Gasteiger partial charge in [-0.25, -0.2) is 9.59 Å². The fourth-order valence-corrected chi connectivity index (χ4v) is 1.81. The molecule has 0 aromatic heterocycles. The summed E-state index contributed by atoms with van der Waals surface area (Å²) in [7, 11) is 1.13. The lowest BCUT2D eigenvalue weighted by atomic mass is 10.1. The van der Waals surface area contributed by atoms with Crippen molar-refractivity contribution < 1.29 is 29.0 Å². The molecule has 5 N–H and O–H groups in total. The monoisotopic (exact) mass is 353 g/mol. The molecule has 2 amide bonds. The molecule has 0 bridgehead atoms. The number of hydrogen-bond acceptors (Lipinski definition) is 7. The van der Waals surface area contributed by atoms with Crippen molar-refractivity contribution in [2.45, 2.75) is 38.6 Å². The number of phenolic OH excluding ortho intramolecular Hbond substituents is 1. The summed E-state index contributed by atoms with van der Waals surface area (Å²) in [6, 6.07) is 4.41. The maximum atomic E-state index is 12.4. The number of carbonyl (C=O) groups excluding carboxylic acids is 3. The Hall–Kier alpha value is -2.81. The number of phenols is 1. The molecule has 0 saturated carbocycles. The number of amides is 2. The molecule has 0 fully saturated rings. The normalized spacial score (nSPS) is 13.3. The van der Waals surface area contributed by atoms with Gasteiger partial charge in [-0.05, 0) is 38.5 Å². The second-order valence-electron chi connectivity index (χ2n) is 6.18. The average molecular weight is 353 g/mol. The number of hydrogen-bond donors (Lipinski definition) is 4. The number of methoxy groups -OCH3 is 1. The summed E-state index contributed by atoms with van der Waals surface area (Å²) in [4.78, 5) is 35.8. The maximum Gasteiger partial charge on any atom is 0.408 e. The van der Waals surface area contributed by atoms with Crippen LogP contribution in [-0.2, 0) is 19.1 Å². The van der Waals surface area contributed by atoms with Crippen molar-refractivity contribution in [2.24, 2.45) is 5.73 Å². The number of nitrogens with one attached hydrogen (secondary N) is 2. The molecule has 0 aliphatic heterocycles. The third-order valence-corrected chi connectivity index (χ3v) is 2.90. The Morgan fingerprint density at radius 1 is 1.12 bits per heavy atom. The highest BCUT2D eigenvalue weighted by Gasteiger charge is 2.28. The van der Waals surface area contributed by atoms with Crippen LogP contribution in [0.4, 0.5) is 4.79 Å². The fraction of sp³-hybridized carbons (Fsp3) is 0.438. The minimum absolute atomic E-state index is 0.00793. The van der Waals surface area contributed by atoms with Gasteiger partial charge in [-0.1, -0.05) is 12.1 Å². The van der Waals surface area contributed by atoms with Crippen LogP contribution in [0.3, 0.4) is 0 Å². The van der Waals surface area contributed by atoms with Crippen molar-refractivity contribution in [1.82, 2.24) is 10.6 Å². The molecule has 0 spiro atoms. The standard InChI is InChI=1S/C16H23N3O6/c1-16(2,3)25-15(23)18-11(9-5-7-10(20)8-6-9)13(21)19-12(17)14(22)24-4/h5-8,11-12,20H,17H2,1-4H3,(H,18,23)(H,19,21)/t11-,12+/m0/s1. The quantitative estimate of drug-likeness (QED) is 0.447. The Labute approximate surface area is 145 Å². The Morgan fingerprint density at radius 3 is 2.16 bits per heavy atom. The zero-order chi connectivity index (χ0) is 19.2. The number of ether oxygens (including phenoxy) is 2. The van der Waals surface area contributed by atoms with E-state index in [0.29, 0.717) is 5.56 Å².